The Morgan fingerprint density at radius 2 is 1.65 bits per heavy atom. The zero-order valence-corrected chi connectivity index (χ0v) is 24.2. The first-order valence-electron chi connectivity index (χ1n) is 12.9. The Morgan fingerprint density at radius 3 is 2.30 bits per heavy atom. The first-order valence-corrected chi connectivity index (χ1v) is 13.9. The minimum atomic E-state index is -4.62. The number of alkyl halides is 3. The fourth-order valence-corrected chi connectivity index (χ4v) is 5.67. The van der Waals surface area contributed by atoms with Crippen LogP contribution in [0.1, 0.15) is 11.1 Å². The molecule has 43 heavy (non-hydrogen) atoms. The minimum absolute atomic E-state index is 0.171. The van der Waals surface area contributed by atoms with Crippen LogP contribution in [0.2, 0.25) is 0 Å². The zero-order valence-electron chi connectivity index (χ0n) is 23.4. The van der Waals surface area contributed by atoms with Gasteiger partial charge in [0.15, 0.2) is 22.5 Å². The maximum absolute atomic E-state index is 13.9. The van der Waals surface area contributed by atoms with Crippen LogP contribution in [0.15, 0.2) is 78.5 Å². The van der Waals surface area contributed by atoms with Gasteiger partial charge in [-0.15, -0.1) is 16.8 Å². The Hall–Kier alpha value is -4.58. The van der Waals surface area contributed by atoms with E-state index in [-0.39, 0.29) is 17.9 Å². The molecule has 0 N–H and O–H groups in total. The van der Waals surface area contributed by atoms with E-state index in [1.165, 1.54) is 21.3 Å². The molecule has 0 spiro atoms. The molecule has 0 radical (unpaired) electrons. The summed E-state index contributed by atoms with van der Waals surface area (Å²) in [4.78, 5) is 4.86. The summed E-state index contributed by atoms with van der Waals surface area (Å²) in [6, 6.07) is 15.4. The van der Waals surface area contributed by atoms with Crippen LogP contribution in [0, 0.1) is 5.82 Å². The molecular weight excluding hydrogens is 584 g/mol. The number of ether oxygens (including phenoxy) is 3. The van der Waals surface area contributed by atoms with Gasteiger partial charge in [0, 0.05) is 28.8 Å². The summed E-state index contributed by atoms with van der Waals surface area (Å²) in [6.07, 6.45) is -2.98. The van der Waals surface area contributed by atoms with Crippen molar-refractivity contribution in [1.29, 1.82) is 0 Å². The number of para-hydroxylation sites is 1. The number of halogens is 4. The highest BCUT2D eigenvalue weighted by Crippen LogP contribution is 2.42. The number of allylic oxidation sites excluding steroid dienone is 1. The highest BCUT2D eigenvalue weighted by molar-refractivity contribution is 7.98. The zero-order chi connectivity index (χ0) is 30.7. The largest absolute Gasteiger partial charge is 0.493 e. The van der Waals surface area contributed by atoms with E-state index in [2.05, 4.69) is 16.8 Å². The van der Waals surface area contributed by atoms with Gasteiger partial charge in [0.05, 0.1) is 38.1 Å². The second-order valence-corrected chi connectivity index (χ2v) is 10.2. The van der Waals surface area contributed by atoms with Gasteiger partial charge in [0.25, 0.3) is 0 Å². The number of thioether (sulfide) groups is 1. The third-order valence-electron chi connectivity index (χ3n) is 6.68. The number of methoxy groups -OCH3 is 3. The number of nitrogens with zero attached hydrogens (tertiary/aromatic N) is 4. The fourth-order valence-electron chi connectivity index (χ4n) is 4.73. The van der Waals surface area contributed by atoms with Crippen molar-refractivity contribution in [2.45, 2.75) is 23.6 Å². The van der Waals surface area contributed by atoms with Crippen LogP contribution in [0.25, 0.3) is 33.5 Å². The summed E-state index contributed by atoms with van der Waals surface area (Å²) in [6.45, 7) is 4.11. The molecule has 3 aromatic carbocycles. The van der Waals surface area contributed by atoms with Crippen LogP contribution in [0.5, 0.6) is 17.2 Å². The average molecular weight is 611 g/mol. The van der Waals surface area contributed by atoms with Crippen molar-refractivity contribution in [2.24, 2.45) is 0 Å². The predicted octanol–water partition coefficient (Wildman–Crippen LogP) is 7.82. The van der Waals surface area contributed by atoms with Crippen molar-refractivity contribution in [3.63, 3.8) is 0 Å². The minimum Gasteiger partial charge on any atom is -0.493 e. The van der Waals surface area contributed by atoms with E-state index < -0.39 is 17.6 Å². The van der Waals surface area contributed by atoms with Crippen LogP contribution in [-0.2, 0) is 18.5 Å². The molecule has 7 nitrogen and oxygen atoms in total. The topological polar surface area (TPSA) is 71.3 Å². The Kier molecular flexibility index (Phi) is 8.58. The van der Waals surface area contributed by atoms with Crippen molar-refractivity contribution in [2.75, 3.05) is 21.3 Å². The molecule has 0 saturated heterocycles. The number of rotatable bonds is 10. The Balaban J connectivity index is 1.62. The van der Waals surface area contributed by atoms with E-state index in [9.17, 15) is 17.6 Å². The standard InChI is InChI=1S/C31H26F4N4O3S/c1-5-12-39-29(37-38-30(39)43-17-19-13-20(32)10-11-23(19)31(33,34)35)22-16-25(36-24-9-7-6-8-21(22)24)18-14-26(40-2)28(42-4)27(15-18)41-3/h5-11,13-16H,1,12,17H2,2-4H3. The van der Waals surface area contributed by atoms with Crippen LogP contribution in [-0.4, -0.2) is 41.1 Å². The van der Waals surface area contributed by atoms with E-state index in [0.717, 1.165) is 35.3 Å². The summed E-state index contributed by atoms with van der Waals surface area (Å²) in [7, 11) is 4.57. The molecule has 0 aliphatic rings. The van der Waals surface area contributed by atoms with Gasteiger partial charge in [0.2, 0.25) is 5.75 Å². The molecule has 2 aromatic heterocycles. The number of benzene rings is 3. The van der Waals surface area contributed by atoms with Gasteiger partial charge in [-0.2, -0.15) is 13.2 Å². The molecule has 0 amide bonds. The lowest BCUT2D eigenvalue weighted by Crippen LogP contribution is -2.09. The lowest BCUT2D eigenvalue weighted by atomic mass is 10.0. The number of hydrogen-bond acceptors (Lipinski definition) is 7. The van der Waals surface area contributed by atoms with E-state index in [1.807, 2.05) is 30.3 Å². The smallest absolute Gasteiger partial charge is 0.416 e. The summed E-state index contributed by atoms with van der Waals surface area (Å²) in [5, 5.41) is 9.88. The highest BCUT2D eigenvalue weighted by Gasteiger charge is 2.33. The van der Waals surface area contributed by atoms with E-state index >= 15 is 0 Å². The molecule has 0 aliphatic carbocycles. The SMILES string of the molecule is C=CCn1c(SCc2cc(F)ccc2C(F)(F)F)nnc1-c1cc(-c2cc(OC)c(OC)c(OC)c2)nc2ccccc12. The Morgan fingerprint density at radius 1 is 0.930 bits per heavy atom. The molecule has 2 heterocycles. The molecule has 5 aromatic rings. The lowest BCUT2D eigenvalue weighted by Gasteiger charge is -2.15. The van der Waals surface area contributed by atoms with Crippen LogP contribution in [0.4, 0.5) is 17.6 Å². The normalized spacial score (nSPS) is 11.5. The molecule has 0 atom stereocenters. The average Bonchev–Trinajstić information content (AvgIpc) is 3.40. The first kappa shape index (κ1) is 29.9. The van der Waals surface area contributed by atoms with E-state index in [1.54, 1.807) is 22.8 Å². The van der Waals surface area contributed by atoms with Crippen LogP contribution >= 0.6 is 11.8 Å². The monoisotopic (exact) mass is 610 g/mol. The summed E-state index contributed by atoms with van der Waals surface area (Å²) >= 11 is 1.03. The van der Waals surface area contributed by atoms with Gasteiger partial charge >= 0.3 is 6.18 Å². The predicted molar refractivity (Wildman–Crippen MR) is 157 cm³/mol. The molecular formula is C31H26F4N4O3S. The Labute approximate surface area is 249 Å². The molecule has 5 rings (SSSR count). The summed E-state index contributed by atoms with van der Waals surface area (Å²) < 4.78 is 72.9. The number of fused-ring (bicyclic) bond motifs is 1. The molecule has 0 unspecified atom stereocenters. The maximum atomic E-state index is 13.9. The first-order chi connectivity index (χ1) is 20.7. The van der Waals surface area contributed by atoms with Crippen molar-refractivity contribution < 1.29 is 31.8 Å². The van der Waals surface area contributed by atoms with Crippen LogP contribution < -0.4 is 14.2 Å². The quantitative estimate of drug-likeness (QED) is 0.0907. The van der Waals surface area contributed by atoms with E-state index in [4.69, 9.17) is 19.2 Å². The fraction of sp³-hybridized carbons (Fsp3) is 0.194. The molecule has 12 heteroatoms. The number of pyridine rings is 1. The van der Waals surface area contributed by atoms with Gasteiger partial charge in [-0.1, -0.05) is 36.0 Å². The molecule has 0 bridgehead atoms. The maximum Gasteiger partial charge on any atom is 0.416 e. The molecule has 0 fully saturated rings. The molecule has 0 saturated carbocycles. The number of hydrogen-bond donors (Lipinski definition) is 0. The van der Waals surface area contributed by atoms with Gasteiger partial charge in [-0.05, 0) is 48.0 Å². The molecule has 222 valence electrons. The third kappa shape index (κ3) is 6.00. The van der Waals surface area contributed by atoms with Crippen molar-refractivity contribution in [3.05, 3.63) is 90.3 Å². The Bertz CT molecular complexity index is 1780. The van der Waals surface area contributed by atoms with Gasteiger partial charge in [-0.3, -0.25) is 4.57 Å². The van der Waals surface area contributed by atoms with Crippen molar-refractivity contribution in [1.82, 2.24) is 19.7 Å². The van der Waals surface area contributed by atoms with Crippen LogP contribution in [0.3, 0.4) is 0 Å². The lowest BCUT2D eigenvalue weighted by molar-refractivity contribution is -0.138. The summed E-state index contributed by atoms with van der Waals surface area (Å²) in [5.41, 5.74) is 1.57. The third-order valence-corrected chi connectivity index (χ3v) is 7.69. The van der Waals surface area contributed by atoms with Gasteiger partial charge in [0.1, 0.15) is 5.82 Å². The number of aromatic nitrogens is 4. The van der Waals surface area contributed by atoms with Crippen molar-refractivity contribution >= 4 is 22.7 Å². The van der Waals surface area contributed by atoms with Gasteiger partial charge in [-0.25, -0.2) is 9.37 Å². The summed E-state index contributed by atoms with van der Waals surface area (Å²) in [5.74, 6) is 0.892. The second-order valence-electron chi connectivity index (χ2n) is 9.28. The van der Waals surface area contributed by atoms with E-state index in [0.29, 0.717) is 50.6 Å². The highest BCUT2D eigenvalue weighted by atomic mass is 32.2. The molecule has 0 aliphatic heterocycles. The van der Waals surface area contributed by atoms with Crippen molar-refractivity contribution in [3.8, 4) is 39.9 Å². The van der Waals surface area contributed by atoms with Gasteiger partial charge < -0.3 is 14.2 Å². The second kappa shape index (κ2) is 12.3.